The van der Waals surface area contributed by atoms with Crippen molar-refractivity contribution in [2.45, 2.75) is 6.42 Å². The van der Waals surface area contributed by atoms with Crippen molar-refractivity contribution >= 4 is 29.8 Å². The number of pyridine rings is 1. The second kappa shape index (κ2) is 8.21. The summed E-state index contributed by atoms with van der Waals surface area (Å²) in [5.41, 5.74) is 2.00. The smallest absolute Gasteiger partial charge is 0.307 e. The van der Waals surface area contributed by atoms with Crippen LogP contribution in [-0.2, 0) is 9.53 Å². The number of rotatable bonds is 6. The number of amides is 1. The molecule has 0 aliphatic heterocycles. The number of nitrogens with zero attached hydrogens (tertiary/aromatic N) is 1. The van der Waals surface area contributed by atoms with Gasteiger partial charge in [0.25, 0.3) is 5.91 Å². The van der Waals surface area contributed by atoms with E-state index in [1.807, 2.05) is 0 Å². The van der Waals surface area contributed by atoms with E-state index in [4.69, 9.17) is 11.6 Å². The van der Waals surface area contributed by atoms with Crippen molar-refractivity contribution in [1.29, 1.82) is 0 Å². The third-order valence-electron chi connectivity index (χ3n) is 3.29. The number of benzene rings is 1. The lowest BCUT2D eigenvalue weighted by atomic mass is 10.0. The third kappa shape index (κ3) is 4.39. The molecule has 0 aliphatic rings. The van der Waals surface area contributed by atoms with Crippen molar-refractivity contribution in [3.8, 4) is 11.1 Å². The zero-order valence-corrected chi connectivity index (χ0v) is 13.7. The molecule has 1 aromatic carbocycles. The predicted molar refractivity (Wildman–Crippen MR) is 89.0 cm³/mol. The van der Waals surface area contributed by atoms with Gasteiger partial charge in [0, 0.05) is 28.9 Å². The number of carbonyl (C=O) groups excluding carboxylic acids is 3. The Labute approximate surface area is 143 Å². The van der Waals surface area contributed by atoms with Crippen LogP contribution in [0.5, 0.6) is 0 Å². The highest BCUT2D eigenvalue weighted by Crippen LogP contribution is 2.25. The average Bonchev–Trinajstić information content (AvgIpc) is 2.61. The average molecular weight is 347 g/mol. The van der Waals surface area contributed by atoms with E-state index in [-0.39, 0.29) is 18.7 Å². The van der Waals surface area contributed by atoms with Crippen molar-refractivity contribution in [1.82, 2.24) is 10.3 Å². The van der Waals surface area contributed by atoms with Crippen LogP contribution in [0.3, 0.4) is 0 Å². The van der Waals surface area contributed by atoms with Gasteiger partial charge in [-0.05, 0) is 29.8 Å². The molecule has 2 rings (SSSR count). The lowest BCUT2D eigenvalue weighted by Crippen LogP contribution is -2.27. The molecule has 124 valence electrons. The van der Waals surface area contributed by atoms with Gasteiger partial charge in [-0.1, -0.05) is 17.7 Å². The van der Waals surface area contributed by atoms with Crippen LogP contribution in [0.15, 0.2) is 36.5 Å². The van der Waals surface area contributed by atoms with Gasteiger partial charge in [-0.25, -0.2) is 0 Å². The van der Waals surface area contributed by atoms with E-state index >= 15 is 0 Å². The molecule has 1 heterocycles. The van der Waals surface area contributed by atoms with Gasteiger partial charge in [-0.3, -0.25) is 19.4 Å². The largest absolute Gasteiger partial charge is 0.469 e. The first-order valence-electron chi connectivity index (χ1n) is 7.11. The summed E-state index contributed by atoms with van der Waals surface area (Å²) in [5.74, 6) is -0.798. The molecule has 0 atom stereocenters. The Bertz CT molecular complexity index is 760. The van der Waals surface area contributed by atoms with E-state index in [0.717, 1.165) is 6.29 Å². The number of halogens is 1. The fraction of sp³-hybridized carbons (Fsp3) is 0.176. The zero-order valence-electron chi connectivity index (χ0n) is 12.9. The summed E-state index contributed by atoms with van der Waals surface area (Å²) in [6.45, 7) is 0.165. The molecule has 0 aliphatic carbocycles. The first kappa shape index (κ1) is 17.6. The fourth-order valence-electron chi connectivity index (χ4n) is 2.04. The van der Waals surface area contributed by atoms with Crippen LogP contribution in [0.1, 0.15) is 27.3 Å². The molecule has 0 saturated heterocycles. The number of methoxy groups -OCH3 is 1. The number of aromatic nitrogens is 1. The number of aldehydes is 1. The lowest BCUT2D eigenvalue weighted by molar-refractivity contribution is -0.140. The van der Waals surface area contributed by atoms with Gasteiger partial charge >= 0.3 is 5.97 Å². The minimum Gasteiger partial charge on any atom is -0.469 e. The predicted octanol–water partition coefficient (Wildman–Crippen LogP) is 2.51. The van der Waals surface area contributed by atoms with Crippen molar-refractivity contribution in [2.24, 2.45) is 0 Å². The highest BCUT2D eigenvalue weighted by Gasteiger charge is 2.10. The first-order valence-corrected chi connectivity index (χ1v) is 7.49. The molecule has 1 amide bonds. The standard InChI is InChI=1S/C17H15ClN2O4/c1-24-16(22)6-7-19-17(23)15-5-3-11(9-20-15)14-8-13(18)4-2-12(14)10-21/h2-5,8-10H,6-7H2,1H3,(H,19,23). The minimum atomic E-state index is -0.402. The molecule has 1 aromatic heterocycles. The summed E-state index contributed by atoms with van der Waals surface area (Å²) in [7, 11) is 1.29. The molecule has 0 fully saturated rings. The molecular formula is C17H15ClN2O4. The van der Waals surface area contributed by atoms with Crippen LogP contribution < -0.4 is 5.32 Å². The van der Waals surface area contributed by atoms with E-state index < -0.39 is 11.9 Å². The number of hydrogen-bond donors (Lipinski definition) is 1. The Morgan fingerprint density at radius 2 is 2.08 bits per heavy atom. The number of esters is 1. The minimum absolute atomic E-state index is 0.0888. The number of hydrogen-bond acceptors (Lipinski definition) is 5. The quantitative estimate of drug-likeness (QED) is 0.641. The SMILES string of the molecule is COC(=O)CCNC(=O)c1ccc(-c2cc(Cl)ccc2C=O)cn1. The molecule has 0 bridgehead atoms. The number of ether oxygens (including phenoxy) is 1. The number of nitrogens with one attached hydrogen (secondary N) is 1. The summed E-state index contributed by atoms with van der Waals surface area (Å²) in [6, 6.07) is 8.14. The normalized spacial score (nSPS) is 10.1. The van der Waals surface area contributed by atoms with E-state index in [2.05, 4.69) is 15.0 Å². The monoisotopic (exact) mass is 346 g/mol. The fourth-order valence-corrected chi connectivity index (χ4v) is 2.21. The van der Waals surface area contributed by atoms with Crippen LogP contribution >= 0.6 is 11.6 Å². The second-order valence-electron chi connectivity index (χ2n) is 4.86. The summed E-state index contributed by atoms with van der Waals surface area (Å²) in [4.78, 5) is 38.1. The zero-order chi connectivity index (χ0) is 17.5. The van der Waals surface area contributed by atoms with Gasteiger partial charge in [0.1, 0.15) is 5.69 Å². The van der Waals surface area contributed by atoms with Gasteiger partial charge in [-0.15, -0.1) is 0 Å². The van der Waals surface area contributed by atoms with Crippen LogP contribution in [0.2, 0.25) is 5.02 Å². The first-order chi connectivity index (χ1) is 11.5. The van der Waals surface area contributed by atoms with Gasteiger partial charge in [0.2, 0.25) is 0 Å². The Morgan fingerprint density at radius 3 is 2.71 bits per heavy atom. The molecule has 0 saturated carbocycles. The Hall–Kier alpha value is -2.73. The molecule has 0 spiro atoms. The van der Waals surface area contributed by atoms with Crippen LogP contribution in [0.25, 0.3) is 11.1 Å². The van der Waals surface area contributed by atoms with Crippen molar-refractivity contribution in [3.63, 3.8) is 0 Å². The Morgan fingerprint density at radius 1 is 1.29 bits per heavy atom. The van der Waals surface area contributed by atoms with Gasteiger partial charge in [0.15, 0.2) is 6.29 Å². The van der Waals surface area contributed by atoms with E-state index in [9.17, 15) is 14.4 Å². The van der Waals surface area contributed by atoms with Crippen molar-refractivity contribution < 1.29 is 19.1 Å². The van der Waals surface area contributed by atoms with Crippen LogP contribution in [0.4, 0.5) is 0 Å². The third-order valence-corrected chi connectivity index (χ3v) is 3.53. The highest BCUT2D eigenvalue weighted by atomic mass is 35.5. The molecule has 2 aromatic rings. The summed E-state index contributed by atoms with van der Waals surface area (Å²) in [6.07, 6.45) is 2.32. The van der Waals surface area contributed by atoms with Crippen LogP contribution in [-0.4, -0.2) is 36.8 Å². The summed E-state index contributed by atoms with van der Waals surface area (Å²) in [5, 5.41) is 3.08. The maximum Gasteiger partial charge on any atom is 0.307 e. The summed E-state index contributed by atoms with van der Waals surface area (Å²) < 4.78 is 4.49. The Kier molecular flexibility index (Phi) is 6.03. The topological polar surface area (TPSA) is 85.4 Å². The molecule has 7 heteroatoms. The molecule has 24 heavy (non-hydrogen) atoms. The Balaban J connectivity index is 2.10. The maximum atomic E-state index is 11.9. The van der Waals surface area contributed by atoms with Crippen molar-refractivity contribution in [3.05, 3.63) is 52.8 Å². The molecule has 6 nitrogen and oxygen atoms in total. The molecule has 0 radical (unpaired) electrons. The van der Waals surface area contributed by atoms with Gasteiger partial charge in [-0.2, -0.15) is 0 Å². The van der Waals surface area contributed by atoms with E-state index in [1.54, 1.807) is 24.3 Å². The van der Waals surface area contributed by atoms with E-state index in [1.165, 1.54) is 19.4 Å². The van der Waals surface area contributed by atoms with E-state index in [0.29, 0.717) is 21.7 Å². The van der Waals surface area contributed by atoms with Crippen molar-refractivity contribution in [2.75, 3.05) is 13.7 Å². The summed E-state index contributed by atoms with van der Waals surface area (Å²) >= 11 is 5.96. The molecular weight excluding hydrogens is 332 g/mol. The second-order valence-corrected chi connectivity index (χ2v) is 5.30. The lowest BCUT2D eigenvalue weighted by Gasteiger charge is -2.07. The maximum absolute atomic E-state index is 11.9. The van der Waals surface area contributed by atoms with Gasteiger partial charge in [0.05, 0.1) is 13.5 Å². The van der Waals surface area contributed by atoms with Gasteiger partial charge < -0.3 is 10.1 Å². The molecule has 0 unspecified atom stereocenters. The van der Waals surface area contributed by atoms with Crippen LogP contribution in [0, 0.1) is 0 Å². The number of carbonyl (C=O) groups is 3. The highest BCUT2D eigenvalue weighted by molar-refractivity contribution is 6.31. The molecule has 1 N–H and O–H groups in total.